The molecule has 0 bridgehead atoms. The highest BCUT2D eigenvalue weighted by molar-refractivity contribution is 6.36. The van der Waals surface area contributed by atoms with Crippen LogP contribution in [0.5, 0.6) is 0 Å². The van der Waals surface area contributed by atoms with Gasteiger partial charge in [0.15, 0.2) is 11.7 Å². The summed E-state index contributed by atoms with van der Waals surface area (Å²) in [7, 11) is 0. The zero-order valence-electron chi connectivity index (χ0n) is 17.5. The number of amides is 2. The molecule has 0 aliphatic carbocycles. The van der Waals surface area contributed by atoms with Crippen LogP contribution in [-0.2, 0) is 16.0 Å². The summed E-state index contributed by atoms with van der Waals surface area (Å²) in [6, 6.07) is 9.09. The van der Waals surface area contributed by atoms with Crippen molar-refractivity contribution in [3.63, 3.8) is 0 Å². The van der Waals surface area contributed by atoms with Crippen molar-refractivity contribution in [2.75, 3.05) is 11.9 Å². The van der Waals surface area contributed by atoms with E-state index in [1.807, 2.05) is 32.9 Å². The van der Waals surface area contributed by atoms with Crippen LogP contribution in [0.2, 0.25) is 10.0 Å². The molecule has 162 valence electrons. The lowest BCUT2D eigenvalue weighted by Crippen LogP contribution is -2.33. The Hall–Kier alpha value is -2.83. The molecule has 2 amide bonds. The van der Waals surface area contributed by atoms with Gasteiger partial charge in [0.25, 0.3) is 0 Å². The lowest BCUT2D eigenvalue weighted by atomic mass is 10.1. The normalized spacial score (nSPS) is 10.7. The van der Waals surface area contributed by atoms with Crippen LogP contribution in [0.1, 0.15) is 29.0 Å². The van der Waals surface area contributed by atoms with E-state index in [9.17, 15) is 9.59 Å². The van der Waals surface area contributed by atoms with Crippen LogP contribution in [0.25, 0.3) is 11.3 Å². The number of anilines is 1. The lowest BCUT2D eigenvalue weighted by Gasteiger charge is -2.13. The summed E-state index contributed by atoms with van der Waals surface area (Å²) in [5.74, 6) is 0.364. The zero-order chi connectivity index (χ0) is 22.5. The minimum absolute atomic E-state index is 0.108. The van der Waals surface area contributed by atoms with Gasteiger partial charge in [0.2, 0.25) is 11.8 Å². The molecule has 0 atom stereocenters. The van der Waals surface area contributed by atoms with Gasteiger partial charge < -0.3 is 15.1 Å². The summed E-state index contributed by atoms with van der Waals surface area (Å²) in [5, 5.41) is 6.47. The number of benzene rings is 2. The molecule has 8 heteroatoms. The second-order valence-corrected chi connectivity index (χ2v) is 8.18. The van der Waals surface area contributed by atoms with Gasteiger partial charge in [-0.1, -0.05) is 40.9 Å². The molecule has 0 saturated carbocycles. The van der Waals surface area contributed by atoms with Crippen LogP contribution < -0.4 is 10.6 Å². The molecular weight excluding hydrogens is 437 g/mol. The van der Waals surface area contributed by atoms with Gasteiger partial charge in [-0.2, -0.15) is 0 Å². The third-order valence-electron chi connectivity index (χ3n) is 4.70. The van der Waals surface area contributed by atoms with Crippen molar-refractivity contribution in [1.29, 1.82) is 0 Å². The number of aromatic nitrogens is 1. The van der Waals surface area contributed by atoms with E-state index in [-0.39, 0.29) is 24.8 Å². The molecular formula is C23H23Cl2N3O3. The Bertz CT molecular complexity index is 1100. The maximum absolute atomic E-state index is 12.2. The second kappa shape index (κ2) is 9.98. The minimum atomic E-state index is -0.279. The molecule has 3 rings (SSSR count). The van der Waals surface area contributed by atoms with E-state index in [2.05, 4.69) is 15.6 Å². The molecule has 0 aliphatic heterocycles. The van der Waals surface area contributed by atoms with Crippen LogP contribution in [0, 0.1) is 20.8 Å². The fourth-order valence-corrected chi connectivity index (χ4v) is 3.79. The highest BCUT2D eigenvalue weighted by Gasteiger charge is 2.13. The van der Waals surface area contributed by atoms with Crippen molar-refractivity contribution >= 4 is 40.7 Å². The molecule has 0 aliphatic rings. The summed E-state index contributed by atoms with van der Waals surface area (Å²) in [5.41, 5.74) is 4.55. The fourth-order valence-electron chi connectivity index (χ4n) is 3.29. The number of halogens is 2. The third kappa shape index (κ3) is 6.09. The summed E-state index contributed by atoms with van der Waals surface area (Å²) < 4.78 is 5.68. The number of nitrogens with one attached hydrogen (secondary N) is 2. The monoisotopic (exact) mass is 459 g/mol. The molecule has 1 heterocycles. The summed E-state index contributed by atoms with van der Waals surface area (Å²) in [6.07, 6.45) is 2.00. The van der Waals surface area contributed by atoms with Gasteiger partial charge in [0.1, 0.15) is 0 Å². The number of carbonyl (C=O) groups is 2. The fraction of sp³-hybridized carbons (Fsp3) is 0.261. The lowest BCUT2D eigenvalue weighted by molar-refractivity contribution is -0.124. The van der Waals surface area contributed by atoms with Crippen molar-refractivity contribution in [3.8, 4) is 11.3 Å². The van der Waals surface area contributed by atoms with Crippen LogP contribution in [-0.4, -0.2) is 23.3 Å². The van der Waals surface area contributed by atoms with Crippen molar-refractivity contribution in [1.82, 2.24) is 10.3 Å². The Balaban J connectivity index is 1.49. The largest absolute Gasteiger partial charge is 0.441 e. The Morgan fingerprint density at radius 1 is 1.03 bits per heavy atom. The van der Waals surface area contributed by atoms with Gasteiger partial charge >= 0.3 is 0 Å². The quantitative estimate of drug-likeness (QED) is 0.504. The van der Waals surface area contributed by atoms with Gasteiger partial charge in [0, 0.05) is 29.1 Å². The summed E-state index contributed by atoms with van der Waals surface area (Å²) in [4.78, 5) is 28.5. The van der Waals surface area contributed by atoms with Gasteiger partial charge in [-0.25, -0.2) is 4.98 Å². The van der Waals surface area contributed by atoms with Crippen LogP contribution in [0.3, 0.4) is 0 Å². The number of carbonyl (C=O) groups excluding carboxylic acids is 2. The summed E-state index contributed by atoms with van der Waals surface area (Å²) >= 11 is 12.1. The first-order valence-electron chi connectivity index (χ1n) is 9.77. The molecule has 31 heavy (non-hydrogen) atoms. The Morgan fingerprint density at radius 3 is 2.42 bits per heavy atom. The number of oxazole rings is 1. The van der Waals surface area contributed by atoms with Crippen molar-refractivity contribution in [2.45, 2.75) is 33.6 Å². The van der Waals surface area contributed by atoms with Crippen LogP contribution >= 0.6 is 23.2 Å². The highest BCUT2D eigenvalue weighted by Crippen LogP contribution is 2.30. The van der Waals surface area contributed by atoms with Crippen molar-refractivity contribution < 1.29 is 14.0 Å². The molecule has 0 saturated heterocycles. The first-order chi connectivity index (χ1) is 14.7. The van der Waals surface area contributed by atoms with Gasteiger partial charge in [-0.15, -0.1) is 0 Å². The molecule has 2 N–H and O–H groups in total. The van der Waals surface area contributed by atoms with E-state index in [0.29, 0.717) is 33.7 Å². The number of hydrogen-bond acceptors (Lipinski definition) is 4. The van der Waals surface area contributed by atoms with Gasteiger partial charge in [0.05, 0.1) is 17.8 Å². The molecule has 3 aromatic rings. The number of rotatable bonds is 7. The van der Waals surface area contributed by atoms with E-state index in [4.69, 9.17) is 27.6 Å². The predicted octanol–water partition coefficient (Wildman–Crippen LogP) is 5.26. The number of nitrogens with zero attached hydrogens (tertiary/aromatic N) is 1. The first-order valence-corrected chi connectivity index (χ1v) is 10.5. The zero-order valence-corrected chi connectivity index (χ0v) is 19.0. The Morgan fingerprint density at radius 2 is 1.74 bits per heavy atom. The van der Waals surface area contributed by atoms with E-state index in [1.165, 1.54) is 0 Å². The average molecular weight is 460 g/mol. The SMILES string of the molecule is Cc1cc(C)c(NC(=O)CNC(=O)CCc2ncc(-c3ccc(Cl)cc3Cl)o2)c(C)c1. The minimum Gasteiger partial charge on any atom is -0.441 e. The van der Waals surface area contributed by atoms with E-state index >= 15 is 0 Å². The molecule has 1 aromatic heterocycles. The molecule has 0 radical (unpaired) electrons. The molecule has 6 nitrogen and oxygen atoms in total. The molecule has 0 unspecified atom stereocenters. The summed E-state index contributed by atoms with van der Waals surface area (Å²) in [6.45, 7) is 5.78. The Kier molecular flexibility index (Phi) is 7.36. The smallest absolute Gasteiger partial charge is 0.243 e. The van der Waals surface area contributed by atoms with E-state index in [1.54, 1.807) is 24.4 Å². The number of aryl methyl sites for hydroxylation is 4. The van der Waals surface area contributed by atoms with E-state index < -0.39 is 0 Å². The van der Waals surface area contributed by atoms with Crippen LogP contribution in [0.4, 0.5) is 5.69 Å². The highest BCUT2D eigenvalue weighted by atomic mass is 35.5. The van der Waals surface area contributed by atoms with Crippen LogP contribution in [0.15, 0.2) is 40.9 Å². The Labute approximate surface area is 191 Å². The maximum Gasteiger partial charge on any atom is 0.243 e. The van der Waals surface area contributed by atoms with Crippen molar-refractivity contribution in [2.24, 2.45) is 0 Å². The average Bonchev–Trinajstić information content (AvgIpc) is 3.16. The first kappa shape index (κ1) is 22.8. The van der Waals surface area contributed by atoms with E-state index in [0.717, 1.165) is 22.4 Å². The topological polar surface area (TPSA) is 84.2 Å². The third-order valence-corrected chi connectivity index (χ3v) is 5.25. The van der Waals surface area contributed by atoms with Gasteiger partial charge in [-0.3, -0.25) is 9.59 Å². The predicted molar refractivity (Wildman–Crippen MR) is 123 cm³/mol. The second-order valence-electron chi connectivity index (χ2n) is 7.34. The van der Waals surface area contributed by atoms with Crippen molar-refractivity contribution in [3.05, 3.63) is 69.2 Å². The van der Waals surface area contributed by atoms with Gasteiger partial charge in [-0.05, 0) is 50.1 Å². The number of hydrogen-bond donors (Lipinski definition) is 2. The molecule has 0 spiro atoms. The molecule has 2 aromatic carbocycles. The standard InChI is InChI=1S/C23H23Cl2N3O3/c1-13-8-14(2)23(15(3)9-13)28-21(30)12-26-20(29)6-7-22-27-11-19(31-22)17-5-4-16(24)10-18(17)25/h4-5,8-11H,6-7,12H2,1-3H3,(H,26,29)(H,28,30). The maximum atomic E-state index is 12.2. The molecule has 0 fully saturated rings.